The van der Waals surface area contributed by atoms with Crippen LogP contribution in [-0.2, 0) is 6.54 Å². The average Bonchev–Trinajstić information content (AvgIpc) is 2.22. The summed E-state index contributed by atoms with van der Waals surface area (Å²) in [5.74, 6) is 1.58. The Balaban J connectivity index is 1.93. The Morgan fingerprint density at radius 1 is 1.40 bits per heavy atom. The molecule has 0 aliphatic carbocycles. The number of phenolic OH excluding ortho intramolecular Hbond substituents is 1. The highest BCUT2D eigenvalue weighted by molar-refractivity contribution is 7.99. The Kier molecular flexibility index (Phi) is 3.54. The Labute approximate surface area is 95.3 Å². The molecule has 1 aliphatic rings. The molecular formula is C12H17NOS. The maximum absolute atomic E-state index is 9.19. The quantitative estimate of drug-likeness (QED) is 0.832. The molecule has 1 aliphatic heterocycles. The lowest BCUT2D eigenvalue weighted by molar-refractivity contribution is 0.278. The number of benzene rings is 1. The average molecular weight is 223 g/mol. The molecular weight excluding hydrogens is 206 g/mol. The number of aromatic hydroxyl groups is 1. The molecule has 0 saturated carbocycles. The summed E-state index contributed by atoms with van der Waals surface area (Å²) in [7, 11) is 0. The first-order valence-electron chi connectivity index (χ1n) is 5.36. The van der Waals surface area contributed by atoms with E-state index >= 15 is 0 Å². The molecule has 0 aromatic heterocycles. The lowest BCUT2D eigenvalue weighted by Gasteiger charge is -2.30. The van der Waals surface area contributed by atoms with Crippen LogP contribution in [0.25, 0.3) is 0 Å². The molecule has 1 N–H and O–H groups in total. The smallest absolute Gasteiger partial charge is 0.115 e. The summed E-state index contributed by atoms with van der Waals surface area (Å²) < 4.78 is 0. The topological polar surface area (TPSA) is 23.5 Å². The highest BCUT2D eigenvalue weighted by Gasteiger charge is 2.16. The molecule has 2 rings (SSSR count). The van der Waals surface area contributed by atoms with Crippen LogP contribution in [0.5, 0.6) is 5.75 Å². The number of phenols is 1. The first-order valence-corrected chi connectivity index (χ1v) is 6.41. The second-order valence-electron chi connectivity index (χ2n) is 4.08. The van der Waals surface area contributed by atoms with E-state index in [1.54, 1.807) is 12.1 Å². The van der Waals surface area contributed by atoms with E-state index in [4.69, 9.17) is 0 Å². The van der Waals surface area contributed by atoms with Gasteiger partial charge in [0.05, 0.1) is 0 Å². The molecule has 1 atom stereocenters. The van der Waals surface area contributed by atoms with Crippen LogP contribution in [0.3, 0.4) is 0 Å². The zero-order valence-electron chi connectivity index (χ0n) is 9.02. The molecule has 0 radical (unpaired) electrons. The molecule has 15 heavy (non-hydrogen) atoms. The summed E-state index contributed by atoms with van der Waals surface area (Å²) in [6, 6.07) is 7.53. The summed E-state index contributed by atoms with van der Waals surface area (Å²) >= 11 is 2.05. The van der Waals surface area contributed by atoms with Crippen LogP contribution in [-0.4, -0.2) is 34.1 Å². The van der Waals surface area contributed by atoms with Crippen molar-refractivity contribution in [2.24, 2.45) is 0 Å². The van der Waals surface area contributed by atoms with Gasteiger partial charge in [-0.25, -0.2) is 0 Å². The number of hydrogen-bond donors (Lipinski definition) is 1. The highest BCUT2D eigenvalue weighted by atomic mass is 32.2. The second kappa shape index (κ2) is 4.90. The SMILES string of the molecule is C[C@@H]1CN(Cc2ccc(O)cc2)CCS1. The van der Waals surface area contributed by atoms with Gasteiger partial charge in [0.15, 0.2) is 0 Å². The summed E-state index contributed by atoms with van der Waals surface area (Å²) in [4.78, 5) is 2.48. The fraction of sp³-hybridized carbons (Fsp3) is 0.500. The first kappa shape index (κ1) is 10.8. The summed E-state index contributed by atoms with van der Waals surface area (Å²) in [5, 5.41) is 9.93. The van der Waals surface area contributed by atoms with Crippen LogP contribution >= 0.6 is 11.8 Å². The van der Waals surface area contributed by atoms with Crippen molar-refractivity contribution >= 4 is 11.8 Å². The van der Waals surface area contributed by atoms with E-state index in [9.17, 15) is 5.11 Å². The van der Waals surface area contributed by atoms with E-state index < -0.39 is 0 Å². The lowest BCUT2D eigenvalue weighted by Crippen LogP contribution is -2.35. The van der Waals surface area contributed by atoms with E-state index in [0.29, 0.717) is 5.75 Å². The number of rotatable bonds is 2. The third kappa shape index (κ3) is 3.14. The van der Waals surface area contributed by atoms with Crippen molar-refractivity contribution in [2.75, 3.05) is 18.8 Å². The number of thioether (sulfide) groups is 1. The normalized spacial score (nSPS) is 22.9. The van der Waals surface area contributed by atoms with Gasteiger partial charge < -0.3 is 5.11 Å². The summed E-state index contributed by atoms with van der Waals surface area (Å²) in [6.45, 7) is 5.64. The Morgan fingerprint density at radius 2 is 2.13 bits per heavy atom. The molecule has 82 valence electrons. The molecule has 1 saturated heterocycles. The van der Waals surface area contributed by atoms with Crippen molar-refractivity contribution in [2.45, 2.75) is 18.7 Å². The predicted octanol–water partition coefficient (Wildman–Crippen LogP) is 2.33. The van der Waals surface area contributed by atoms with Crippen molar-refractivity contribution in [1.29, 1.82) is 0 Å². The van der Waals surface area contributed by atoms with E-state index in [0.717, 1.165) is 11.8 Å². The van der Waals surface area contributed by atoms with Crippen molar-refractivity contribution in [3.05, 3.63) is 29.8 Å². The number of nitrogens with zero attached hydrogens (tertiary/aromatic N) is 1. The van der Waals surface area contributed by atoms with Gasteiger partial charge in [0.2, 0.25) is 0 Å². The minimum Gasteiger partial charge on any atom is -0.508 e. The van der Waals surface area contributed by atoms with Gasteiger partial charge in [-0.1, -0.05) is 19.1 Å². The molecule has 1 aromatic rings. The predicted molar refractivity (Wildman–Crippen MR) is 65.3 cm³/mol. The second-order valence-corrected chi connectivity index (χ2v) is 5.63. The fourth-order valence-electron chi connectivity index (χ4n) is 1.89. The molecule has 1 heterocycles. The van der Waals surface area contributed by atoms with Crippen LogP contribution in [0.4, 0.5) is 0 Å². The standard InChI is InChI=1S/C12H17NOS/c1-10-8-13(6-7-15-10)9-11-2-4-12(14)5-3-11/h2-5,10,14H,6-9H2,1H3/t10-/m1/s1. The van der Waals surface area contributed by atoms with E-state index in [-0.39, 0.29) is 0 Å². The van der Waals surface area contributed by atoms with Gasteiger partial charge in [0.25, 0.3) is 0 Å². The van der Waals surface area contributed by atoms with Gasteiger partial charge in [-0.15, -0.1) is 0 Å². The third-order valence-corrected chi connectivity index (χ3v) is 3.80. The Morgan fingerprint density at radius 3 is 2.80 bits per heavy atom. The highest BCUT2D eigenvalue weighted by Crippen LogP contribution is 2.20. The minimum absolute atomic E-state index is 0.348. The molecule has 0 amide bonds. The van der Waals surface area contributed by atoms with Crippen LogP contribution in [0.2, 0.25) is 0 Å². The molecule has 2 nitrogen and oxygen atoms in total. The Hall–Kier alpha value is -0.670. The van der Waals surface area contributed by atoms with Crippen LogP contribution in [0.15, 0.2) is 24.3 Å². The molecule has 3 heteroatoms. The molecule has 0 bridgehead atoms. The van der Waals surface area contributed by atoms with Crippen LogP contribution in [0.1, 0.15) is 12.5 Å². The Bertz CT molecular complexity index is 312. The van der Waals surface area contributed by atoms with Crippen LogP contribution in [0, 0.1) is 0 Å². The molecule has 1 aromatic carbocycles. The van der Waals surface area contributed by atoms with Gasteiger partial charge in [0, 0.05) is 30.6 Å². The van der Waals surface area contributed by atoms with E-state index in [1.165, 1.54) is 24.4 Å². The number of hydrogen-bond acceptors (Lipinski definition) is 3. The van der Waals surface area contributed by atoms with Gasteiger partial charge in [-0.05, 0) is 17.7 Å². The largest absolute Gasteiger partial charge is 0.508 e. The summed E-state index contributed by atoms with van der Waals surface area (Å²) in [5.41, 5.74) is 1.28. The van der Waals surface area contributed by atoms with Crippen LogP contribution < -0.4 is 0 Å². The van der Waals surface area contributed by atoms with Gasteiger partial charge in [-0.3, -0.25) is 4.90 Å². The maximum Gasteiger partial charge on any atom is 0.115 e. The van der Waals surface area contributed by atoms with E-state index in [2.05, 4.69) is 23.6 Å². The zero-order valence-corrected chi connectivity index (χ0v) is 9.83. The zero-order chi connectivity index (χ0) is 10.7. The molecule has 1 fully saturated rings. The third-order valence-electron chi connectivity index (χ3n) is 2.67. The maximum atomic E-state index is 9.19. The van der Waals surface area contributed by atoms with Crippen molar-refractivity contribution in [3.63, 3.8) is 0 Å². The van der Waals surface area contributed by atoms with Crippen molar-refractivity contribution < 1.29 is 5.11 Å². The lowest BCUT2D eigenvalue weighted by atomic mass is 10.2. The van der Waals surface area contributed by atoms with Gasteiger partial charge in [0.1, 0.15) is 5.75 Å². The monoisotopic (exact) mass is 223 g/mol. The van der Waals surface area contributed by atoms with Crippen molar-refractivity contribution in [1.82, 2.24) is 4.90 Å². The van der Waals surface area contributed by atoms with Gasteiger partial charge >= 0.3 is 0 Å². The first-order chi connectivity index (χ1) is 7.24. The summed E-state index contributed by atoms with van der Waals surface area (Å²) in [6.07, 6.45) is 0. The van der Waals surface area contributed by atoms with Crippen molar-refractivity contribution in [3.8, 4) is 5.75 Å². The fourth-order valence-corrected chi connectivity index (χ4v) is 2.98. The molecule has 0 spiro atoms. The molecule has 0 unspecified atom stereocenters. The van der Waals surface area contributed by atoms with E-state index in [1.807, 2.05) is 12.1 Å². The minimum atomic E-state index is 0.348. The van der Waals surface area contributed by atoms with Gasteiger partial charge in [-0.2, -0.15) is 11.8 Å².